The van der Waals surface area contributed by atoms with Gasteiger partial charge in [0.15, 0.2) is 0 Å². The van der Waals surface area contributed by atoms with E-state index in [0.717, 1.165) is 55.3 Å². The van der Waals surface area contributed by atoms with Crippen molar-refractivity contribution in [3.63, 3.8) is 0 Å². The van der Waals surface area contributed by atoms with Crippen LogP contribution >= 0.6 is 27.5 Å². The number of nitrogens with zero attached hydrogens (tertiary/aromatic N) is 2. The van der Waals surface area contributed by atoms with E-state index >= 15 is 0 Å². The fraction of sp³-hybridized carbons (Fsp3) is 0.571. The lowest BCUT2D eigenvalue weighted by Crippen LogP contribution is -2.45. The molecule has 0 radical (unpaired) electrons. The molecule has 19 heavy (non-hydrogen) atoms. The van der Waals surface area contributed by atoms with Gasteiger partial charge in [0.25, 0.3) is 0 Å². The van der Waals surface area contributed by atoms with Crippen molar-refractivity contribution in [1.82, 2.24) is 15.1 Å². The van der Waals surface area contributed by atoms with Crippen LogP contribution in [-0.4, -0.2) is 56.1 Å². The lowest BCUT2D eigenvalue weighted by Gasteiger charge is -2.29. The number of hydrogen-bond acceptors (Lipinski definition) is 3. The van der Waals surface area contributed by atoms with Gasteiger partial charge in [0, 0.05) is 50.3 Å². The molecule has 1 fully saturated rings. The van der Waals surface area contributed by atoms with E-state index in [-0.39, 0.29) is 0 Å². The van der Waals surface area contributed by atoms with Gasteiger partial charge >= 0.3 is 0 Å². The Morgan fingerprint density at radius 1 is 1.37 bits per heavy atom. The van der Waals surface area contributed by atoms with Crippen LogP contribution in [0.5, 0.6) is 0 Å². The summed E-state index contributed by atoms with van der Waals surface area (Å²) in [4.78, 5) is 4.86. The van der Waals surface area contributed by atoms with Crippen LogP contribution in [0.15, 0.2) is 22.7 Å². The van der Waals surface area contributed by atoms with Gasteiger partial charge in [-0.3, -0.25) is 4.90 Å². The average Bonchev–Trinajstić information content (AvgIpc) is 2.42. The van der Waals surface area contributed by atoms with Crippen molar-refractivity contribution in [1.29, 1.82) is 0 Å². The van der Waals surface area contributed by atoms with Gasteiger partial charge < -0.3 is 10.2 Å². The molecular formula is C14H21BrClN3. The molecule has 5 heteroatoms. The molecule has 0 bridgehead atoms. The summed E-state index contributed by atoms with van der Waals surface area (Å²) in [6.07, 6.45) is 0. The molecule has 1 N–H and O–H groups in total. The minimum absolute atomic E-state index is 0.785. The molecule has 106 valence electrons. The second-order valence-electron chi connectivity index (χ2n) is 5.08. The summed E-state index contributed by atoms with van der Waals surface area (Å²) in [6.45, 7) is 7.74. The molecule has 1 saturated heterocycles. The van der Waals surface area contributed by atoms with E-state index in [1.165, 1.54) is 5.56 Å². The summed E-state index contributed by atoms with van der Waals surface area (Å²) >= 11 is 9.54. The highest BCUT2D eigenvalue weighted by Crippen LogP contribution is 2.23. The van der Waals surface area contributed by atoms with E-state index in [1.54, 1.807) is 0 Å². The van der Waals surface area contributed by atoms with Crippen LogP contribution in [0.4, 0.5) is 0 Å². The molecule has 0 spiro atoms. The van der Waals surface area contributed by atoms with Crippen LogP contribution in [0.2, 0.25) is 5.02 Å². The third-order valence-electron chi connectivity index (χ3n) is 3.44. The van der Waals surface area contributed by atoms with Gasteiger partial charge in [-0.1, -0.05) is 17.7 Å². The van der Waals surface area contributed by atoms with Crippen LogP contribution < -0.4 is 5.32 Å². The Morgan fingerprint density at radius 2 is 2.11 bits per heavy atom. The minimum atomic E-state index is 0.785. The standard InChI is InChI=1S/C14H21BrClN3/c1-18(8-9-19-6-4-17-5-7-19)11-12-2-3-13(15)14(16)10-12/h2-3,10,17H,4-9,11H2,1H3. The Labute approximate surface area is 129 Å². The van der Waals surface area contributed by atoms with Crippen molar-refractivity contribution in [2.24, 2.45) is 0 Å². The lowest BCUT2D eigenvalue weighted by atomic mass is 10.2. The van der Waals surface area contributed by atoms with Crippen LogP contribution in [0, 0.1) is 0 Å². The molecular weight excluding hydrogens is 326 g/mol. The highest BCUT2D eigenvalue weighted by molar-refractivity contribution is 9.10. The molecule has 0 aliphatic carbocycles. The molecule has 1 heterocycles. The molecule has 3 nitrogen and oxygen atoms in total. The van der Waals surface area contributed by atoms with Crippen molar-refractivity contribution in [2.45, 2.75) is 6.54 Å². The van der Waals surface area contributed by atoms with Gasteiger partial charge in [-0.2, -0.15) is 0 Å². The van der Waals surface area contributed by atoms with Crippen molar-refractivity contribution >= 4 is 27.5 Å². The van der Waals surface area contributed by atoms with Crippen LogP contribution in [0.25, 0.3) is 0 Å². The van der Waals surface area contributed by atoms with Crippen LogP contribution in [0.1, 0.15) is 5.56 Å². The maximum atomic E-state index is 6.12. The fourth-order valence-electron chi connectivity index (χ4n) is 2.28. The molecule has 0 aromatic heterocycles. The molecule has 2 rings (SSSR count). The highest BCUT2D eigenvalue weighted by Gasteiger charge is 2.10. The largest absolute Gasteiger partial charge is 0.314 e. The third kappa shape index (κ3) is 5.04. The van der Waals surface area contributed by atoms with E-state index in [0.29, 0.717) is 0 Å². The summed E-state index contributed by atoms with van der Waals surface area (Å²) < 4.78 is 0.960. The summed E-state index contributed by atoms with van der Waals surface area (Å²) in [6, 6.07) is 6.17. The van der Waals surface area contributed by atoms with E-state index in [9.17, 15) is 0 Å². The Kier molecular flexibility index (Phi) is 6.10. The van der Waals surface area contributed by atoms with E-state index < -0.39 is 0 Å². The number of hydrogen-bond donors (Lipinski definition) is 1. The van der Waals surface area contributed by atoms with Gasteiger partial charge in [0.2, 0.25) is 0 Å². The average molecular weight is 347 g/mol. The van der Waals surface area contributed by atoms with E-state index in [2.05, 4.69) is 44.2 Å². The smallest absolute Gasteiger partial charge is 0.0551 e. The monoisotopic (exact) mass is 345 g/mol. The molecule has 0 amide bonds. The predicted molar refractivity (Wildman–Crippen MR) is 84.8 cm³/mol. The molecule has 0 saturated carbocycles. The number of likely N-dealkylation sites (N-methyl/N-ethyl adjacent to an activating group) is 1. The van der Waals surface area contributed by atoms with Crippen LogP contribution in [0.3, 0.4) is 0 Å². The van der Waals surface area contributed by atoms with E-state index in [4.69, 9.17) is 11.6 Å². The zero-order chi connectivity index (χ0) is 13.7. The van der Waals surface area contributed by atoms with Crippen LogP contribution in [-0.2, 0) is 6.54 Å². The lowest BCUT2D eigenvalue weighted by molar-refractivity contribution is 0.202. The molecule has 1 aliphatic rings. The quantitative estimate of drug-likeness (QED) is 0.883. The maximum absolute atomic E-state index is 6.12. The molecule has 1 aliphatic heterocycles. The topological polar surface area (TPSA) is 18.5 Å². The van der Waals surface area contributed by atoms with Gasteiger partial charge in [-0.25, -0.2) is 0 Å². The SMILES string of the molecule is CN(CCN1CCNCC1)Cc1ccc(Br)c(Cl)c1. The Balaban J connectivity index is 1.76. The number of piperazine rings is 1. The minimum Gasteiger partial charge on any atom is -0.314 e. The first-order chi connectivity index (χ1) is 9.15. The van der Waals surface area contributed by atoms with Gasteiger partial charge in [0.1, 0.15) is 0 Å². The summed E-state index contributed by atoms with van der Waals surface area (Å²) in [5, 5.41) is 4.16. The zero-order valence-corrected chi connectivity index (χ0v) is 13.7. The third-order valence-corrected chi connectivity index (χ3v) is 4.68. The summed E-state index contributed by atoms with van der Waals surface area (Å²) in [7, 11) is 2.16. The molecule has 0 atom stereocenters. The first-order valence-corrected chi connectivity index (χ1v) is 7.88. The van der Waals surface area contributed by atoms with Crippen molar-refractivity contribution in [3.05, 3.63) is 33.3 Å². The van der Waals surface area contributed by atoms with Gasteiger partial charge in [-0.15, -0.1) is 0 Å². The normalized spacial score (nSPS) is 17.1. The molecule has 1 aromatic rings. The first-order valence-electron chi connectivity index (χ1n) is 6.71. The van der Waals surface area contributed by atoms with Crippen molar-refractivity contribution < 1.29 is 0 Å². The van der Waals surface area contributed by atoms with Crippen molar-refractivity contribution in [2.75, 3.05) is 46.3 Å². The maximum Gasteiger partial charge on any atom is 0.0551 e. The second kappa shape index (κ2) is 7.60. The fourth-order valence-corrected chi connectivity index (χ4v) is 2.73. The summed E-state index contributed by atoms with van der Waals surface area (Å²) in [5.41, 5.74) is 1.26. The van der Waals surface area contributed by atoms with Gasteiger partial charge in [0.05, 0.1) is 5.02 Å². The highest BCUT2D eigenvalue weighted by atomic mass is 79.9. The number of rotatable bonds is 5. The van der Waals surface area contributed by atoms with Crippen molar-refractivity contribution in [3.8, 4) is 0 Å². The Hall–Kier alpha value is -0.130. The Morgan fingerprint density at radius 3 is 2.79 bits per heavy atom. The number of nitrogens with one attached hydrogen (secondary N) is 1. The summed E-state index contributed by atoms with van der Waals surface area (Å²) in [5.74, 6) is 0. The molecule has 1 aromatic carbocycles. The van der Waals surface area contributed by atoms with E-state index in [1.807, 2.05) is 12.1 Å². The number of benzene rings is 1. The zero-order valence-electron chi connectivity index (χ0n) is 11.3. The molecule has 0 unspecified atom stereocenters. The Bertz CT molecular complexity index is 408. The number of halogens is 2. The predicted octanol–water partition coefficient (Wildman–Crippen LogP) is 2.44. The first kappa shape index (κ1) is 15.3. The van der Waals surface area contributed by atoms with Gasteiger partial charge in [-0.05, 0) is 40.7 Å². The second-order valence-corrected chi connectivity index (χ2v) is 6.34.